The van der Waals surface area contributed by atoms with Gasteiger partial charge in [0, 0.05) is 27.7 Å². The van der Waals surface area contributed by atoms with Crippen molar-refractivity contribution >= 4 is 33.6 Å². The molecule has 0 aliphatic rings. The average Bonchev–Trinajstić information content (AvgIpc) is 2.90. The SMILES string of the molecule is CSc1cccc2c3ccccc3n(Cc3ccccc3)c12. The third kappa shape index (κ3) is 2.11. The number of aromatic nitrogens is 1. The minimum atomic E-state index is 0.905. The summed E-state index contributed by atoms with van der Waals surface area (Å²) < 4.78 is 2.45. The maximum atomic E-state index is 2.45. The zero-order valence-electron chi connectivity index (χ0n) is 12.5. The van der Waals surface area contributed by atoms with Crippen LogP contribution in [0.2, 0.25) is 0 Å². The Labute approximate surface area is 134 Å². The van der Waals surface area contributed by atoms with Crippen molar-refractivity contribution in [3.8, 4) is 0 Å². The Morgan fingerprint density at radius 1 is 0.773 bits per heavy atom. The van der Waals surface area contributed by atoms with Crippen LogP contribution in [0.4, 0.5) is 0 Å². The van der Waals surface area contributed by atoms with E-state index in [1.165, 1.54) is 32.3 Å². The van der Waals surface area contributed by atoms with E-state index in [0.717, 1.165) is 6.54 Å². The van der Waals surface area contributed by atoms with Crippen LogP contribution in [0, 0.1) is 0 Å². The van der Waals surface area contributed by atoms with E-state index in [0.29, 0.717) is 0 Å². The van der Waals surface area contributed by atoms with Gasteiger partial charge in [-0.3, -0.25) is 0 Å². The first-order chi connectivity index (χ1) is 10.9. The topological polar surface area (TPSA) is 4.93 Å². The van der Waals surface area contributed by atoms with E-state index in [4.69, 9.17) is 0 Å². The molecule has 0 spiro atoms. The van der Waals surface area contributed by atoms with E-state index in [9.17, 15) is 0 Å². The normalized spacial score (nSPS) is 11.3. The molecule has 1 heterocycles. The molecule has 0 radical (unpaired) electrons. The third-order valence-electron chi connectivity index (χ3n) is 4.16. The lowest BCUT2D eigenvalue weighted by molar-refractivity contribution is 0.862. The van der Waals surface area contributed by atoms with Gasteiger partial charge in [-0.15, -0.1) is 11.8 Å². The second-order valence-electron chi connectivity index (χ2n) is 5.45. The summed E-state index contributed by atoms with van der Waals surface area (Å²) in [7, 11) is 0. The highest BCUT2D eigenvalue weighted by Gasteiger charge is 2.13. The summed E-state index contributed by atoms with van der Waals surface area (Å²) in [5.74, 6) is 0. The molecule has 0 fully saturated rings. The van der Waals surface area contributed by atoms with Crippen molar-refractivity contribution in [1.82, 2.24) is 4.57 Å². The van der Waals surface area contributed by atoms with Crippen molar-refractivity contribution < 1.29 is 0 Å². The molecule has 0 atom stereocenters. The summed E-state index contributed by atoms with van der Waals surface area (Å²) in [6.07, 6.45) is 2.15. The van der Waals surface area contributed by atoms with Crippen LogP contribution in [0.3, 0.4) is 0 Å². The van der Waals surface area contributed by atoms with E-state index in [-0.39, 0.29) is 0 Å². The molecule has 3 aromatic carbocycles. The minimum absolute atomic E-state index is 0.905. The maximum absolute atomic E-state index is 2.45. The van der Waals surface area contributed by atoms with Crippen molar-refractivity contribution in [2.24, 2.45) is 0 Å². The van der Waals surface area contributed by atoms with E-state index in [1.54, 1.807) is 0 Å². The highest BCUT2D eigenvalue weighted by molar-refractivity contribution is 7.98. The van der Waals surface area contributed by atoms with Crippen molar-refractivity contribution in [3.63, 3.8) is 0 Å². The van der Waals surface area contributed by atoms with Gasteiger partial charge in [0.15, 0.2) is 0 Å². The monoisotopic (exact) mass is 303 g/mol. The lowest BCUT2D eigenvalue weighted by atomic mass is 10.1. The fraction of sp³-hybridized carbons (Fsp3) is 0.100. The molecule has 22 heavy (non-hydrogen) atoms. The molecule has 0 aliphatic carbocycles. The Hall–Kier alpha value is -2.19. The van der Waals surface area contributed by atoms with Gasteiger partial charge in [-0.25, -0.2) is 0 Å². The summed E-state index contributed by atoms with van der Waals surface area (Å²) in [5, 5.41) is 2.68. The number of hydrogen-bond acceptors (Lipinski definition) is 1. The van der Waals surface area contributed by atoms with Crippen LogP contribution in [0.15, 0.2) is 77.7 Å². The van der Waals surface area contributed by atoms with Crippen LogP contribution >= 0.6 is 11.8 Å². The molecular formula is C20H17NS. The molecular weight excluding hydrogens is 286 g/mol. The van der Waals surface area contributed by atoms with Crippen LogP contribution in [0.5, 0.6) is 0 Å². The second kappa shape index (κ2) is 5.54. The molecule has 108 valence electrons. The lowest BCUT2D eigenvalue weighted by Crippen LogP contribution is -1.99. The predicted octanol–water partition coefficient (Wildman–Crippen LogP) is 5.56. The van der Waals surface area contributed by atoms with Gasteiger partial charge in [0.1, 0.15) is 0 Å². The lowest BCUT2D eigenvalue weighted by Gasteiger charge is -2.10. The standard InChI is InChI=1S/C20H17NS/c1-22-19-13-7-11-17-16-10-5-6-12-18(16)21(20(17)19)14-15-8-3-2-4-9-15/h2-13H,14H2,1H3. The largest absolute Gasteiger partial charge is 0.335 e. The number of benzene rings is 3. The molecule has 0 bridgehead atoms. The maximum Gasteiger partial charge on any atom is 0.0632 e. The fourth-order valence-electron chi connectivity index (χ4n) is 3.17. The molecule has 4 aromatic rings. The molecule has 2 heteroatoms. The Kier molecular flexibility index (Phi) is 3.39. The first-order valence-electron chi connectivity index (χ1n) is 7.46. The number of para-hydroxylation sites is 2. The van der Waals surface area contributed by atoms with Crippen LogP contribution < -0.4 is 0 Å². The molecule has 0 aliphatic heterocycles. The Morgan fingerprint density at radius 2 is 1.50 bits per heavy atom. The zero-order chi connectivity index (χ0) is 14.9. The van der Waals surface area contributed by atoms with E-state index >= 15 is 0 Å². The van der Waals surface area contributed by atoms with Crippen LogP contribution in [-0.2, 0) is 6.54 Å². The van der Waals surface area contributed by atoms with Gasteiger partial charge in [0.05, 0.1) is 5.52 Å². The van der Waals surface area contributed by atoms with Gasteiger partial charge in [0.25, 0.3) is 0 Å². The second-order valence-corrected chi connectivity index (χ2v) is 6.29. The van der Waals surface area contributed by atoms with Gasteiger partial charge in [-0.05, 0) is 24.0 Å². The molecule has 0 saturated heterocycles. The highest BCUT2D eigenvalue weighted by Crippen LogP contribution is 2.35. The molecule has 0 N–H and O–H groups in total. The predicted molar refractivity (Wildman–Crippen MR) is 96.8 cm³/mol. The summed E-state index contributed by atoms with van der Waals surface area (Å²) in [6.45, 7) is 0.905. The van der Waals surface area contributed by atoms with Crippen LogP contribution in [0.1, 0.15) is 5.56 Å². The summed E-state index contributed by atoms with van der Waals surface area (Å²) in [6, 6.07) is 26.0. The van der Waals surface area contributed by atoms with E-state index in [1.807, 2.05) is 11.8 Å². The quantitative estimate of drug-likeness (QED) is 0.448. The van der Waals surface area contributed by atoms with Crippen molar-refractivity contribution in [2.45, 2.75) is 11.4 Å². The van der Waals surface area contributed by atoms with Crippen molar-refractivity contribution in [2.75, 3.05) is 6.26 Å². The van der Waals surface area contributed by atoms with Gasteiger partial charge in [0.2, 0.25) is 0 Å². The van der Waals surface area contributed by atoms with Gasteiger partial charge in [-0.1, -0.05) is 60.7 Å². The van der Waals surface area contributed by atoms with Gasteiger partial charge in [-0.2, -0.15) is 0 Å². The Bertz CT molecular complexity index is 938. The zero-order valence-corrected chi connectivity index (χ0v) is 13.3. The van der Waals surface area contributed by atoms with Crippen molar-refractivity contribution in [3.05, 3.63) is 78.4 Å². The summed E-state index contributed by atoms with van der Waals surface area (Å²) >= 11 is 1.82. The fourth-order valence-corrected chi connectivity index (χ4v) is 3.80. The van der Waals surface area contributed by atoms with Crippen LogP contribution in [-0.4, -0.2) is 10.8 Å². The molecule has 0 unspecified atom stereocenters. The number of hydrogen-bond donors (Lipinski definition) is 0. The number of nitrogens with zero attached hydrogens (tertiary/aromatic N) is 1. The number of rotatable bonds is 3. The van der Waals surface area contributed by atoms with Crippen LogP contribution in [0.25, 0.3) is 21.8 Å². The Morgan fingerprint density at radius 3 is 2.32 bits per heavy atom. The molecule has 1 aromatic heterocycles. The highest BCUT2D eigenvalue weighted by atomic mass is 32.2. The van der Waals surface area contributed by atoms with Gasteiger partial charge < -0.3 is 4.57 Å². The van der Waals surface area contributed by atoms with Crippen molar-refractivity contribution in [1.29, 1.82) is 0 Å². The number of thioether (sulfide) groups is 1. The summed E-state index contributed by atoms with van der Waals surface area (Å²) in [5.41, 5.74) is 3.99. The third-order valence-corrected chi connectivity index (χ3v) is 4.93. The summed E-state index contributed by atoms with van der Waals surface area (Å²) in [4.78, 5) is 1.34. The van der Waals surface area contributed by atoms with Gasteiger partial charge >= 0.3 is 0 Å². The molecule has 1 nitrogen and oxygen atoms in total. The minimum Gasteiger partial charge on any atom is -0.335 e. The smallest absolute Gasteiger partial charge is 0.0632 e. The number of fused-ring (bicyclic) bond motifs is 3. The molecule has 0 amide bonds. The molecule has 4 rings (SSSR count). The Balaban J connectivity index is 2.05. The average molecular weight is 303 g/mol. The van der Waals surface area contributed by atoms with E-state index in [2.05, 4.69) is 83.6 Å². The first kappa shape index (κ1) is 13.5. The molecule has 0 saturated carbocycles. The first-order valence-corrected chi connectivity index (χ1v) is 8.69. The van der Waals surface area contributed by atoms with E-state index < -0.39 is 0 Å².